The number of nitrogens with zero attached hydrogens (tertiary/aromatic N) is 1. The molecule has 0 aliphatic rings. The Hall–Kier alpha value is -3.99. The average molecular weight is 703 g/mol. The Kier molecular flexibility index (Phi) is 21.3. The van der Waals surface area contributed by atoms with Gasteiger partial charge in [-0.05, 0) is 70.9 Å². The molecule has 13 heteroatoms. The Morgan fingerprint density at radius 2 is 1.50 bits per heavy atom. The second kappa shape index (κ2) is 24.2. The van der Waals surface area contributed by atoms with Crippen molar-refractivity contribution >= 4 is 23.9 Å². The maximum Gasteiger partial charge on any atom is 0.314 e. The zero-order valence-corrected chi connectivity index (χ0v) is 30.7. The fourth-order valence-corrected chi connectivity index (χ4v) is 5.50. The van der Waals surface area contributed by atoms with Gasteiger partial charge in [-0.1, -0.05) is 43.8 Å². The Bertz CT molecular complexity index is 1220. The lowest BCUT2D eigenvalue weighted by Crippen LogP contribution is -2.42. The van der Waals surface area contributed by atoms with E-state index in [-0.39, 0.29) is 57.1 Å². The first-order valence-corrected chi connectivity index (χ1v) is 17.2. The molecule has 0 spiro atoms. The Morgan fingerprint density at radius 3 is 2.14 bits per heavy atom. The number of benzene rings is 1. The molecule has 1 rings (SSSR count). The van der Waals surface area contributed by atoms with Gasteiger partial charge in [-0.3, -0.25) is 14.4 Å². The Labute approximate surface area is 297 Å². The summed E-state index contributed by atoms with van der Waals surface area (Å²) >= 11 is 0. The number of esters is 2. The molecule has 4 unspecified atom stereocenters. The van der Waals surface area contributed by atoms with Gasteiger partial charge in [0.2, 0.25) is 5.91 Å². The van der Waals surface area contributed by atoms with Gasteiger partial charge in [0.15, 0.2) is 0 Å². The lowest BCUT2D eigenvalue weighted by Gasteiger charge is -2.36. The molecule has 0 saturated carbocycles. The molecule has 280 valence electrons. The van der Waals surface area contributed by atoms with Crippen LogP contribution in [0.3, 0.4) is 0 Å². The second-order valence-electron chi connectivity index (χ2n) is 13.2. The van der Waals surface area contributed by atoms with Crippen LogP contribution in [0.5, 0.6) is 0 Å². The molecule has 0 aliphatic heterocycles. The van der Waals surface area contributed by atoms with E-state index in [1.807, 2.05) is 44.2 Å². The molecule has 4 atom stereocenters. The highest BCUT2D eigenvalue weighted by Gasteiger charge is 2.45. The van der Waals surface area contributed by atoms with Crippen molar-refractivity contribution in [1.82, 2.24) is 16.0 Å². The van der Waals surface area contributed by atoms with E-state index in [4.69, 9.17) is 23.7 Å². The summed E-state index contributed by atoms with van der Waals surface area (Å²) in [4.78, 5) is 50.5. The van der Waals surface area contributed by atoms with Crippen molar-refractivity contribution in [2.45, 2.75) is 72.3 Å². The number of methoxy groups -OCH3 is 1. The number of carbonyl (C=O) groups excluding carboxylic acids is 4. The van der Waals surface area contributed by atoms with E-state index in [2.05, 4.69) is 28.6 Å². The Morgan fingerprint density at radius 1 is 0.880 bits per heavy atom. The minimum Gasteiger partial charge on any atom is -0.463 e. The first kappa shape index (κ1) is 44.0. The summed E-state index contributed by atoms with van der Waals surface area (Å²) in [6.45, 7) is 14.7. The quantitative estimate of drug-likeness (QED) is 0.0718. The SMILES string of the molecule is C=CC(=O)NCCOC(=O)C(C)(C)CC(C)(CC(C#N)CC(C)c1ccccc1)C(=O)OCCNC(=O)NCCC(C)OCCOCCOC. The van der Waals surface area contributed by atoms with E-state index < -0.39 is 34.7 Å². The summed E-state index contributed by atoms with van der Waals surface area (Å²) < 4.78 is 27.0. The number of hydrogen-bond acceptors (Lipinski definition) is 10. The standard InChI is InChI=1S/C37H58N4O9/c1-8-32(42)39-16-18-49-33(43)36(4,5)27-37(6,25-30(26-38)24-28(2)31-12-10-9-11-13-31)34(44)50-19-17-41-35(45)40-15-14-29(3)48-23-22-47-21-20-46-7/h8-13,28-30H,1,14-25,27H2,2-7H3,(H,39,42)(H2,40,41,45). The Balaban J connectivity index is 2.77. The van der Waals surface area contributed by atoms with Gasteiger partial charge < -0.3 is 39.6 Å². The van der Waals surface area contributed by atoms with Crippen LogP contribution in [0.2, 0.25) is 0 Å². The van der Waals surface area contributed by atoms with E-state index in [0.717, 1.165) is 11.6 Å². The monoisotopic (exact) mass is 702 g/mol. The topological polar surface area (TPSA) is 174 Å². The number of rotatable bonds is 26. The molecule has 50 heavy (non-hydrogen) atoms. The van der Waals surface area contributed by atoms with Crippen molar-refractivity contribution in [3.63, 3.8) is 0 Å². The van der Waals surface area contributed by atoms with Gasteiger partial charge in [-0.15, -0.1) is 0 Å². The van der Waals surface area contributed by atoms with Gasteiger partial charge in [0.1, 0.15) is 13.2 Å². The normalized spacial score (nSPS) is 14.2. The van der Waals surface area contributed by atoms with Crippen LogP contribution in [0, 0.1) is 28.1 Å². The number of urea groups is 1. The van der Waals surface area contributed by atoms with Gasteiger partial charge in [-0.25, -0.2) is 4.79 Å². The van der Waals surface area contributed by atoms with Crippen LogP contribution in [0.15, 0.2) is 43.0 Å². The summed E-state index contributed by atoms with van der Waals surface area (Å²) in [7, 11) is 1.61. The average Bonchev–Trinajstić information content (AvgIpc) is 3.09. The molecule has 3 N–H and O–H groups in total. The first-order valence-electron chi connectivity index (χ1n) is 17.2. The lowest BCUT2D eigenvalue weighted by atomic mass is 9.68. The fraction of sp³-hybridized carbons (Fsp3) is 0.649. The highest BCUT2D eigenvalue weighted by atomic mass is 16.5. The predicted molar refractivity (Wildman–Crippen MR) is 189 cm³/mol. The summed E-state index contributed by atoms with van der Waals surface area (Å²) in [5.74, 6) is -1.97. The van der Waals surface area contributed by atoms with Crippen LogP contribution >= 0.6 is 0 Å². The molecule has 0 radical (unpaired) electrons. The molecule has 0 bridgehead atoms. The van der Waals surface area contributed by atoms with E-state index in [1.165, 1.54) is 0 Å². The van der Waals surface area contributed by atoms with Gasteiger partial charge in [0, 0.05) is 19.6 Å². The van der Waals surface area contributed by atoms with Gasteiger partial charge in [0.25, 0.3) is 0 Å². The van der Waals surface area contributed by atoms with Crippen molar-refractivity contribution in [1.29, 1.82) is 5.26 Å². The maximum absolute atomic E-state index is 13.7. The van der Waals surface area contributed by atoms with Crippen LogP contribution in [0.4, 0.5) is 4.79 Å². The number of ether oxygens (including phenoxy) is 5. The minimum atomic E-state index is -1.23. The summed E-state index contributed by atoms with van der Waals surface area (Å²) in [6.07, 6.45) is 2.35. The molecule has 0 aliphatic carbocycles. The molecule has 1 aromatic carbocycles. The molecule has 0 fully saturated rings. The molecule has 3 amide bonds. The summed E-state index contributed by atoms with van der Waals surface area (Å²) in [6, 6.07) is 11.8. The lowest BCUT2D eigenvalue weighted by molar-refractivity contribution is -0.163. The minimum absolute atomic E-state index is 0.0437. The molecular weight excluding hydrogens is 644 g/mol. The van der Waals surface area contributed by atoms with Crippen molar-refractivity contribution in [2.24, 2.45) is 16.7 Å². The maximum atomic E-state index is 13.7. The van der Waals surface area contributed by atoms with E-state index in [1.54, 1.807) is 27.9 Å². The fourth-order valence-electron chi connectivity index (χ4n) is 5.50. The number of amides is 3. The number of nitrogens with one attached hydrogen (secondary N) is 3. The molecule has 0 aromatic heterocycles. The third-order valence-electron chi connectivity index (χ3n) is 8.10. The predicted octanol–water partition coefficient (Wildman–Crippen LogP) is 4.28. The van der Waals surface area contributed by atoms with Gasteiger partial charge in [-0.2, -0.15) is 5.26 Å². The van der Waals surface area contributed by atoms with Gasteiger partial charge in [0.05, 0.1) is 62.5 Å². The van der Waals surface area contributed by atoms with Crippen LogP contribution < -0.4 is 16.0 Å². The summed E-state index contributed by atoms with van der Waals surface area (Å²) in [5, 5.41) is 18.1. The second-order valence-corrected chi connectivity index (χ2v) is 13.2. The smallest absolute Gasteiger partial charge is 0.314 e. The van der Waals surface area contributed by atoms with E-state index >= 15 is 0 Å². The first-order chi connectivity index (χ1) is 23.8. The third-order valence-corrected chi connectivity index (χ3v) is 8.10. The van der Waals surface area contributed by atoms with Crippen molar-refractivity contribution in [3.8, 4) is 6.07 Å². The van der Waals surface area contributed by atoms with E-state index in [9.17, 15) is 24.4 Å². The molecule has 13 nitrogen and oxygen atoms in total. The van der Waals surface area contributed by atoms with Crippen LogP contribution in [0.25, 0.3) is 0 Å². The molecular formula is C37H58N4O9. The van der Waals surface area contributed by atoms with Crippen LogP contribution in [-0.2, 0) is 38.1 Å². The van der Waals surface area contributed by atoms with Crippen molar-refractivity contribution in [3.05, 3.63) is 48.6 Å². The van der Waals surface area contributed by atoms with Gasteiger partial charge >= 0.3 is 18.0 Å². The van der Waals surface area contributed by atoms with Crippen LogP contribution in [0.1, 0.15) is 71.8 Å². The largest absolute Gasteiger partial charge is 0.463 e. The molecule has 1 aromatic rings. The van der Waals surface area contributed by atoms with E-state index in [0.29, 0.717) is 45.8 Å². The highest BCUT2D eigenvalue weighted by molar-refractivity contribution is 5.86. The molecule has 0 heterocycles. The van der Waals surface area contributed by atoms with Crippen molar-refractivity contribution < 1.29 is 42.9 Å². The van der Waals surface area contributed by atoms with Crippen molar-refractivity contribution in [2.75, 3.05) is 66.4 Å². The number of carbonyl (C=O) groups is 4. The van der Waals surface area contributed by atoms with Crippen LogP contribution in [-0.4, -0.2) is 96.4 Å². The molecule has 0 saturated heterocycles. The number of nitriles is 1. The summed E-state index contributed by atoms with van der Waals surface area (Å²) in [5.41, 5.74) is -1.28. The zero-order chi connectivity index (χ0) is 37.4. The number of hydrogen-bond donors (Lipinski definition) is 3. The third kappa shape index (κ3) is 18.1. The highest BCUT2D eigenvalue weighted by Crippen LogP contribution is 2.42. The zero-order valence-electron chi connectivity index (χ0n) is 30.7.